The Morgan fingerprint density at radius 3 is 3.06 bits per heavy atom. The van der Waals surface area contributed by atoms with Gasteiger partial charge in [-0.1, -0.05) is 6.07 Å². The van der Waals surface area contributed by atoms with Crippen LogP contribution in [0, 0.1) is 6.92 Å². The number of fused-ring (bicyclic) bond motifs is 3. The van der Waals surface area contributed by atoms with Crippen LogP contribution in [0.3, 0.4) is 0 Å². The van der Waals surface area contributed by atoms with Gasteiger partial charge in [-0.15, -0.1) is 0 Å². The van der Waals surface area contributed by atoms with Crippen molar-refractivity contribution in [2.45, 2.75) is 6.92 Å². The van der Waals surface area contributed by atoms with Crippen molar-refractivity contribution in [3.8, 4) is 0 Å². The van der Waals surface area contributed by atoms with Crippen LogP contribution in [0.4, 0.5) is 0 Å². The van der Waals surface area contributed by atoms with Crippen molar-refractivity contribution in [1.29, 1.82) is 0 Å². The van der Waals surface area contributed by atoms with Crippen molar-refractivity contribution >= 4 is 16.7 Å². The molecule has 0 amide bonds. The smallest absolute Gasteiger partial charge is 0.432 e. The Balaban J connectivity index is 2.73. The number of hydrogen-bond acceptors (Lipinski definition) is 6. The van der Waals surface area contributed by atoms with E-state index in [-0.39, 0.29) is 11.2 Å². The first-order chi connectivity index (χ1) is 8.20. The lowest BCUT2D eigenvalue weighted by Gasteiger charge is -1.99. The van der Waals surface area contributed by atoms with Crippen LogP contribution >= 0.6 is 0 Å². The molecule has 0 aliphatic carbocycles. The molecule has 2 heterocycles. The van der Waals surface area contributed by atoms with Gasteiger partial charge in [0.1, 0.15) is 0 Å². The van der Waals surface area contributed by atoms with E-state index in [1.54, 1.807) is 12.1 Å². The van der Waals surface area contributed by atoms with Gasteiger partial charge in [0.05, 0.1) is 5.52 Å². The van der Waals surface area contributed by atoms with Gasteiger partial charge in [-0.3, -0.25) is 4.52 Å². The van der Waals surface area contributed by atoms with Gasteiger partial charge in [-0.05, 0) is 34.9 Å². The van der Waals surface area contributed by atoms with Gasteiger partial charge >= 0.3 is 11.3 Å². The van der Waals surface area contributed by atoms with Gasteiger partial charge in [0.2, 0.25) is 5.65 Å². The first kappa shape index (κ1) is 9.64. The summed E-state index contributed by atoms with van der Waals surface area (Å²) >= 11 is 0. The van der Waals surface area contributed by atoms with E-state index in [2.05, 4.69) is 14.8 Å². The SMILES string of the molecule is Cc1ccc2o/c(=N\O)c3noc(=O)n3c2c1. The Labute approximate surface area is 93.2 Å². The monoisotopic (exact) mass is 233 g/mol. The number of aryl methyl sites for hydroxylation is 1. The molecule has 1 N–H and O–H groups in total. The summed E-state index contributed by atoms with van der Waals surface area (Å²) in [6.45, 7) is 1.88. The highest BCUT2D eigenvalue weighted by Gasteiger charge is 2.12. The minimum absolute atomic E-state index is 0.0376. The van der Waals surface area contributed by atoms with Crippen LogP contribution in [0.5, 0.6) is 0 Å². The lowest BCUT2D eigenvalue weighted by molar-refractivity contribution is 0.277. The average Bonchev–Trinajstić information content (AvgIpc) is 2.71. The zero-order chi connectivity index (χ0) is 12.0. The summed E-state index contributed by atoms with van der Waals surface area (Å²) in [6, 6.07) is 5.25. The van der Waals surface area contributed by atoms with E-state index in [9.17, 15) is 4.79 Å². The molecule has 86 valence electrons. The molecule has 0 aliphatic rings. The van der Waals surface area contributed by atoms with Crippen LogP contribution in [0.15, 0.2) is 37.1 Å². The topological polar surface area (TPSA) is 93.2 Å². The van der Waals surface area contributed by atoms with Crippen LogP contribution in [0.1, 0.15) is 5.56 Å². The van der Waals surface area contributed by atoms with Crippen LogP contribution in [-0.2, 0) is 0 Å². The zero-order valence-corrected chi connectivity index (χ0v) is 8.75. The normalized spacial score (nSPS) is 12.6. The van der Waals surface area contributed by atoms with Crippen molar-refractivity contribution < 1.29 is 14.1 Å². The van der Waals surface area contributed by atoms with Crippen LogP contribution in [-0.4, -0.2) is 14.8 Å². The molecule has 7 heteroatoms. The second kappa shape index (κ2) is 3.21. The average molecular weight is 233 g/mol. The maximum absolute atomic E-state index is 11.5. The first-order valence-electron chi connectivity index (χ1n) is 4.81. The molecule has 0 fully saturated rings. The van der Waals surface area contributed by atoms with Crippen molar-refractivity contribution in [2.75, 3.05) is 0 Å². The molecule has 3 aromatic rings. The van der Waals surface area contributed by atoms with Crippen molar-refractivity contribution in [1.82, 2.24) is 9.56 Å². The highest BCUT2D eigenvalue weighted by molar-refractivity contribution is 5.75. The predicted molar refractivity (Wildman–Crippen MR) is 55.6 cm³/mol. The fourth-order valence-corrected chi connectivity index (χ4v) is 1.70. The number of benzene rings is 1. The second-order valence-electron chi connectivity index (χ2n) is 3.59. The molecule has 0 spiro atoms. The fraction of sp³-hybridized carbons (Fsp3) is 0.100. The molecule has 0 radical (unpaired) electrons. The van der Waals surface area contributed by atoms with E-state index in [1.807, 2.05) is 13.0 Å². The minimum Gasteiger partial charge on any atom is -0.432 e. The lowest BCUT2D eigenvalue weighted by atomic mass is 10.2. The van der Waals surface area contributed by atoms with Crippen LogP contribution in [0.2, 0.25) is 0 Å². The summed E-state index contributed by atoms with van der Waals surface area (Å²) in [4.78, 5) is 11.5. The summed E-state index contributed by atoms with van der Waals surface area (Å²) in [7, 11) is 0. The highest BCUT2D eigenvalue weighted by atomic mass is 16.5. The Morgan fingerprint density at radius 1 is 1.47 bits per heavy atom. The Kier molecular flexibility index (Phi) is 1.82. The van der Waals surface area contributed by atoms with Gasteiger partial charge in [0, 0.05) is 0 Å². The van der Waals surface area contributed by atoms with Gasteiger partial charge < -0.3 is 9.62 Å². The van der Waals surface area contributed by atoms with Gasteiger partial charge in [-0.2, -0.15) is 0 Å². The molecule has 7 nitrogen and oxygen atoms in total. The Hall–Kier alpha value is -2.57. The van der Waals surface area contributed by atoms with Crippen LogP contribution in [0.25, 0.3) is 16.7 Å². The van der Waals surface area contributed by atoms with Crippen molar-refractivity contribution in [2.24, 2.45) is 5.16 Å². The van der Waals surface area contributed by atoms with Gasteiger partial charge in [0.25, 0.3) is 0 Å². The van der Waals surface area contributed by atoms with E-state index < -0.39 is 5.76 Å². The maximum Gasteiger partial charge on any atom is 0.446 e. The zero-order valence-electron chi connectivity index (χ0n) is 8.75. The maximum atomic E-state index is 11.5. The molecular formula is C10H7N3O4. The number of aromatic nitrogens is 2. The molecule has 0 saturated carbocycles. The molecular weight excluding hydrogens is 226 g/mol. The van der Waals surface area contributed by atoms with E-state index in [0.29, 0.717) is 11.1 Å². The summed E-state index contributed by atoms with van der Waals surface area (Å²) < 4.78 is 11.0. The standard InChI is InChI=1S/C10H7N3O4/c1-5-2-3-7-6(4-5)13-8(9(11-15)16-7)12-17-10(13)14/h2-4,15H,1H3/b11-9-. The van der Waals surface area contributed by atoms with E-state index in [4.69, 9.17) is 9.62 Å². The molecule has 0 aliphatic heterocycles. The van der Waals surface area contributed by atoms with Crippen LogP contribution < -0.4 is 11.3 Å². The number of rotatable bonds is 0. The highest BCUT2D eigenvalue weighted by Crippen LogP contribution is 2.13. The molecule has 2 aromatic heterocycles. The molecule has 3 rings (SSSR count). The summed E-state index contributed by atoms with van der Waals surface area (Å²) in [5.41, 5.74) is 1.73. The third kappa shape index (κ3) is 1.25. The number of nitrogens with zero attached hydrogens (tertiary/aromatic N) is 3. The third-order valence-electron chi connectivity index (χ3n) is 2.45. The second-order valence-corrected chi connectivity index (χ2v) is 3.59. The summed E-state index contributed by atoms with van der Waals surface area (Å²) in [6.07, 6.45) is 0. The lowest BCUT2D eigenvalue weighted by Crippen LogP contribution is -2.14. The molecule has 0 saturated heterocycles. The van der Waals surface area contributed by atoms with Crippen molar-refractivity contribution in [3.05, 3.63) is 39.9 Å². The third-order valence-corrected chi connectivity index (χ3v) is 2.45. The summed E-state index contributed by atoms with van der Waals surface area (Å²) in [5.74, 6) is -0.656. The molecule has 0 atom stereocenters. The molecule has 17 heavy (non-hydrogen) atoms. The molecule has 1 aromatic carbocycles. The fourth-order valence-electron chi connectivity index (χ4n) is 1.70. The first-order valence-corrected chi connectivity index (χ1v) is 4.81. The largest absolute Gasteiger partial charge is 0.446 e. The minimum atomic E-state index is -0.656. The van der Waals surface area contributed by atoms with Gasteiger partial charge in [-0.25, -0.2) is 9.20 Å². The predicted octanol–water partition coefficient (Wildman–Crippen LogP) is 0.632. The van der Waals surface area contributed by atoms with E-state index in [1.165, 1.54) is 4.40 Å². The molecule has 0 bridgehead atoms. The van der Waals surface area contributed by atoms with Crippen molar-refractivity contribution in [3.63, 3.8) is 0 Å². The van der Waals surface area contributed by atoms with E-state index >= 15 is 0 Å². The summed E-state index contributed by atoms with van der Waals surface area (Å²) in [5, 5.41) is 15.2. The molecule has 0 unspecified atom stereocenters. The Bertz CT molecular complexity index is 840. The Morgan fingerprint density at radius 2 is 2.29 bits per heavy atom. The quantitative estimate of drug-likeness (QED) is 0.454. The van der Waals surface area contributed by atoms with E-state index in [0.717, 1.165) is 5.56 Å². The number of hydrogen-bond donors (Lipinski definition) is 1. The van der Waals surface area contributed by atoms with Gasteiger partial charge in [0.15, 0.2) is 5.58 Å².